The van der Waals surface area contributed by atoms with Crippen LogP contribution in [0.3, 0.4) is 0 Å². The maximum Gasteiger partial charge on any atom is 0.416 e. The van der Waals surface area contributed by atoms with Crippen molar-refractivity contribution in [2.24, 2.45) is 0 Å². The van der Waals surface area contributed by atoms with Gasteiger partial charge in [-0.2, -0.15) is 13.2 Å². The van der Waals surface area contributed by atoms with E-state index in [2.05, 4.69) is 6.58 Å². The third-order valence-electron chi connectivity index (χ3n) is 2.03. The summed E-state index contributed by atoms with van der Waals surface area (Å²) in [7, 11) is 0. The molecule has 16 heavy (non-hydrogen) atoms. The summed E-state index contributed by atoms with van der Waals surface area (Å²) in [6, 6.07) is 4.79. The van der Waals surface area contributed by atoms with Crippen LogP contribution in [0.1, 0.15) is 19.4 Å². The first-order valence-corrected chi connectivity index (χ1v) is 4.74. The van der Waals surface area contributed by atoms with Crippen molar-refractivity contribution in [1.82, 2.24) is 0 Å². The summed E-state index contributed by atoms with van der Waals surface area (Å²) in [5, 5.41) is 0. The lowest BCUT2D eigenvalue weighted by Gasteiger charge is -2.22. The van der Waals surface area contributed by atoms with Gasteiger partial charge in [0.05, 0.1) is 5.56 Å². The van der Waals surface area contributed by atoms with Crippen molar-refractivity contribution in [2.75, 3.05) is 0 Å². The summed E-state index contributed by atoms with van der Waals surface area (Å²) in [6.45, 7) is 7.00. The highest BCUT2D eigenvalue weighted by atomic mass is 19.4. The lowest BCUT2D eigenvalue weighted by molar-refractivity contribution is -0.137. The molecule has 0 atom stereocenters. The first kappa shape index (κ1) is 12.6. The molecule has 0 saturated carbocycles. The monoisotopic (exact) mass is 230 g/mol. The van der Waals surface area contributed by atoms with Gasteiger partial charge in [0.1, 0.15) is 11.4 Å². The largest absolute Gasteiger partial charge is 0.484 e. The van der Waals surface area contributed by atoms with E-state index < -0.39 is 17.3 Å². The van der Waals surface area contributed by atoms with Gasteiger partial charge in [0.25, 0.3) is 0 Å². The molecule has 0 heterocycles. The smallest absolute Gasteiger partial charge is 0.416 e. The lowest BCUT2D eigenvalue weighted by atomic mass is 10.1. The van der Waals surface area contributed by atoms with Gasteiger partial charge in [-0.15, -0.1) is 0 Å². The number of alkyl halides is 3. The Morgan fingerprint density at radius 3 is 2.38 bits per heavy atom. The summed E-state index contributed by atoms with van der Waals surface area (Å²) in [5.41, 5.74) is -1.41. The van der Waals surface area contributed by atoms with Crippen molar-refractivity contribution in [3.8, 4) is 5.75 Å². The summed E-state index contributed by atoms with van der Waals surface area (Å²) < 4.78 is 42.6. The Bertz CT molecular complexity index is 380. The Morgan fingerprint density at radius 1 is 1.25 bits per heavy atom. The molecule has 0 aliphatic heterocycles. The molecule has 0 bridgehead atoms. The van der Waals surface area contributed by atoms with Crippen LogP contribution in [0.4, 0.5) is 13.2 Å². The average molecular weight is 230 g/mol. The van der Waals surface area contributed by atoms with Gasteiger partial charge in [0, 0.05) is 0 Å². The zero-order valence-electron chi connectivity index (χ0n) is 9.14. The van der Waals surface area contributed by atoms with Gasteiger partial charge < -0.3 is 4.74 Å². The van der Waals surface area contributed by atoms with E-state index in [0.717, 1.165) is 12.1 Å². The van der Waals surface area contributed by atoms with Crippen LogP contribution in [0.25, 0.3) is 0 Å². The predicted octanol–water partition coefficient (Wildman–Crippen LogP) is 4.05. The third-order valence-corrected chi connectivity index (χ3v) is 2.03. The number of rotatable bonds is 3. The highest BCUT2D eigenvalue weighted by Crippen LogP contribution is 2.32. The fourth-order valence-corrected chi connectivity index (χ4v) is 1.08. The second kappa shape index (κ2) is 4.20. The molecular formula is C12H13F3O. The standard InChI is InChI=1S/C12H13F3O/c1-4-11(2,3)16-10-7-5-6-9(8-10)12(13,14)15/h4-8H,1H2,2-3H3. The van der Waals surface area contributed by atoms with Gasteiger partial charge in [0.15, 0.2) is 0 Å². The first-order valence-electron chi connectivity index (χ1n) is 4.74. The van der Waals surface area contributed by atoms with Crippen LogP contribution in [0.15, 0.2) is 36.9 Å². The molecule has 1 aromatic carbocycles. The molecule has 0 unspecified atom stereocenters. The summed E-state index contributed by atoms with van der Waals surface area (Å²) in [4.78, 5) is 0. The van der Waals surface area contributed by atoms with E-state index in [9.17, 15) is 13.2 Å². The minimum Gasteiger partial charge on any atom is -0.484 e. The number of hydrogen-bond donors (Lipinski definition) is 0. The van der Waals surface area contributed by atoms with Crippen molar-refractivity contribution in [1.29, 1.82) is 0 Å². The van der Waals surface area contributed by atoms with Crippen LogP contribution in [0.2, 0.25) is 0 Å². The molecule has 0 radical (unpaired) electrons. The minimum absolute atomic E-state index is 0.180. The Morgan fingerprint density at radius 2 is 1.88 bits per heavy atom. The van der Waals surface area contributed by atoms with E-state index in [1.165, 1.54) is 18.2 Å². The van der Waals surface area contributed by atoms with Gasteiger partial charge in [-0.3, -0.25) is 0 Å². The number of ether oxygens (including phenoxy) is 1. The molecule has 0 aliphatic rings. The molecule has 88 valence electrons. The molecule has 0 fully saturated rings. The van der Waals surface area contributed by atoms with Crippen LogP contribution >= 0.6 is 0 Å². The lowest BCUT2D eigenvalue weighted by Crippen LogP contribution is -2.24. The average Bonchev–Trinajstić information content (AvgIpc) is 2.16. The van der Waals surface area contributed by atoms with Gasteiger partial charge in [-0.05, 0) is 38.1 Å². The van der Waals surface area contributed by atoms with E-state index in [-0.39, 0.29) is 5.75 Å². The number of halogens is 3. The predicted molar refractivity (Wildman–Crippen MR) is 56.3 cm³/mol. The van der Waals surface area contributed by atoms with Crippen molar-refractivity contribution in [3.05, 3.63) is 42.5 Å². The maximum absolute atomic E-state index is 12.4. The quantitative estimate of drug-likeness (QED) is 0.712. The fourth-order valence-electron chi connectivity index (χ4n) is 1.08. The van der Waals surface area contributed by atoms with Crippen molar-refractivity contribution >= 4 is 0 Å². The highest BCUT2D eigenvalue weighted by molar-refractivity contribution is 5.31. The van der Waals surface area contributed by atoms with Crippen molar-refractivity contribution < 1.29 is 17.9 Å². The van der Waals surface area contributed by atoms with Crippen LogP contribution in [0.5, 0.6) is 5.75 Å². The van der Waals surface area contributed by atoms with Gasteiger partial charge in [-0.25, -0.2) is 0 Å². The number of hydrogen-bond acceptors (Lipinski definition) is 1. The molecule has 0 amide bonds. The van der Waals surface area contributed by atoms with Crippen molar-refractivity contribution in [2.45, 2.75) is 25.6 Å². The molecule has 4 heteroatoms. The van der Waals surface area contributed by atoms with Crippen LogP contribution in [0, 0.1) is 0 Å². The molecular weight excluding hydrogens is 217 g/mol. The Hall–Kier alpha value is -1.45. The Labute approximate surface area is 92.5 Å². The Balaban J connectivity index is 2.96. The van der Waals surface area contributed by atoms with E-state index in [1.54, 1.807) is 13.8 Å². The van der Waals surface area contributed by atoms with Crippen LogP contribution in [-0.4, -0.2) is 5.60 Å². The fraction of sp³-hybridized carbons (Fsp3) is 0.333. The molecule has 0 aliphatic carbocycles. The molecule has 0 aromatic heterocycles. The SMILES string of the molecule is C=CC(C)(C)Oc1cccc(C(F)(F)F)c1. The van der Waals surface area contributed by atoms with Crippen LogP contribution in [-0.2, 0) is 6.18 Å². The van der Waals surface area contributed by atoms with Gasteiger partial charge in [-0.1, -0.05) is 12.6 Å². The van der Waals surface area contributed by atoms with E-state index in [0.29, 0.717) is 0 Å². The van der Waals surface area contributed by atoms with E-state index in [1.807, 2.05) is 0 Å². The van der Waals surface area contributed by atoms with Crippen LogP contribution < -0.4 is 4.74 Å². The van der Waals surface area contributed by atoms with Gasteiger partial charge >= 0.3 is 6.18 Å². The van der Waals surface area contributed by atoms with Gasteiger partial charge in [0.2, 0.25) is 0 Å². The zero-order chi connectivity index (χ0) is 12.4. The Kier molecular flexibility index (Phi) is 3.31. The summed E-state index contributed by atoms with van der Waals surface area (Å²) in [5.74, 6) is 0.180. The highest BCUT2D eigenvalue weighted by Gasteiger charge is 2.31. The molecule has 1 nitrogen and oxygen atoms in total. The molecule has 1 aromatic rings. The zero-order valence-corrected chi connectivity index (χ0v) is 9.14. The second-order valence-corrected chi connectivity index (χ2v) is 3.94. The van der Waals surface area contributed by atoms with Crippen molar-refractivity contribution in [3.63, 3.8) is 0 Å². The normalized spacial score (nSPS) is 12.3. The maximum atomic E-state index is 12.4. The summed E-state index contributed by atoms with van der Waals surface area (Å²) >= 11 is 0. The topological polar surface area (TPSA) is 9.23 Å². The molecule has 1 rings (SSSR count). The first-order chi connectivity index (χ1) is 7.24. The summed E-state index contributed by atoms with van der Waals surface area (Å²) in [6.07, 6.45) is -2.81. The van der Waals surface area contributed by atoms with E-state index in [4.69, 9.17) is 4.74 Å². The second-order valence-electron chi connectivity index (χ2n) is 3.94. The van der Waals surface area contributed by atoms with E-state index >= 15 is 0 Å². The number of benzene rings is 1. The molecule has 0 spiro atoms. The minimum atomic E-state index is -4.35. The molecule has 0 N–H and O–H groups in total. The third kappa shape index (κ3) is 3.29. The molecule has 0 saturated heterocycles.